The van der Waals surface area contributed by atoms with E-state index in [1.807, 2.05) is 51.1 Å². The molecule has 41 heavy (non-hydrogen) atoms. The topological polar surface area (TPSA) is 100 Å². The molecule has 0 bridgehead atoms. The van der Waals surface area contributed by atoms with Crippen molar-refractivity contribution in [2.45, 2.75) is 127 Å². The quantitative estimate of drug-likeness (QED) is 0.424. The van der Waals surface area contributed by atoms with Gasteiger partial charge in [-0.1, -0.05) is 49.6 Å². The van der Waals surface area contributed by atoms with Crippen molar-refractivity contribution in [1.82, 2.24) is 15.5 Å². The lowest BCUT2D eigenvalue weighted by atomic mass is 9.72. The molecule has 7 atom stereocenters. The van der Waals surface area contributed by atoms with E-state index in [0.29, 0.717) is 24.8 Å². The van der Waals surface area contributed by atoms with Gasteiger partial charge >= 0.3 is 6.09 Å². The molecule has 2 amide bonds. The number of rotatable bonds is 8. The second-order valence-electron chi connectivity index (χ2n) is 14.1. The SMILES string of the molecule is CC(C)(C)NC(=O)[C@@H]1C[C@@H]2CCCCC2CN1C[C@@H](O)[C@H](Cc1ccccc1)NC(=O)O[C@H]1CCCC12CCCO2. The summed E-state index contributed by atoms with van der Waals surface area (Å²) < 4.78 is 12.1. The Morgan fingerprint density at radius 3 is 2.51 bits per heavy atom. The number of hydrogen-bond acceptors (Lipinski definition) is 6. The number of aliphatic hydroxyl groups excluding tert-OH is 1. The number of fused-ring (bicyclic) bond motifs is 1. The van der Waals surface area contributed by atoms with Gasteiger partial charge in [-0.25, -0.2) is 4.79 Å². The summed E-state index contributed by atoms with van der Waals surface area (Å²) in [4.78, 5) is 29.0. The van der Waals surface area contributed by atoms with Crippen molar-refractivity contribution >= 4 is 12.0 Å². The highest BCUT2D eigenvalue weighted by Gasteiger charge is 2.49. The van der Waals surface area contributed by atoms with E-state index in [0.717, 1.165) is 57.2 Å². The van der Waals surface area contributed by atoms with Crippen LogP contribution in [0.25, 0.3) is 0 Å². The van der Waals surface area contributed by atoms with E-state index in [-0.39, 0.29) is 29.2 Å². The van der Waals surface area contributed by atoms with Crippen molar-refractivity contribution in [2.75, 3.05) is 19.7 Å². The number of aliphatic hydroxyl groups is 1. The van der Waals surface area contributed by atoms with Gasteiger partial charge in [0.25, 0.3) is 0 Å². The molecule has 1 aromatic carbocycles. The second kappa shape index (κ2) is 13.0. The number of carbonyl (C=O) groups excluding carboxylic acids is 2. The molecule has 2 unspecified atom stereocenters. The molecular formula is C33H51N3O5. The van der Waals surface area contributed by atoms with Gasteiger partial charge in [-0.05, 0) is 89.5 Å². The van der Waals surface area contributed by atoms with Gasteiger partial charge in [0.15, 0.2) is 0 Å². The molecule has 228 valence electrons. The first-order chi connectivity index (χ1) is 19.6. The zero-order valence-electron chi connectivity index (χ0n) is 25.3. The number of carbonyl (C=O) groups is 2. The van der Waals surface area contributed by atoms with Crippen molar-refractivity contribution in [2.24, 2.45) is 11.8 Å². The van der Waals surface area contributed by atoms with Crippen LogP contribution in [-0.2, 0) is 20.7 Å². The first-order valence-corrected chi connectivity index (χ1v) is 16.0. The smallest absolute Gasteiger partial charge is 0.407 e. The van der Waals surface area contributed by atoms with Crippen molar-refractivity contribution in [3.05, 3.63) is 35.9 Å². The van der Waals surface area contributed by atoms with Gasteiger partial charge in [0, 0.05) is 25.2 Å². The van der Waals surface area contributed by atoms with Gasteiger partial charge in [0.2, 0.25) is 5.91 Å². The zero-order valence-corrected chi connectivity index (χ0v) is 25.3. The van der Waals surface area contributed by atoms with E-state index >= 15 is 0 Å². The maximum atomic E-state index is 13.5. The van der Waals surface area contributed by atoms with Crippen LogP contribution < -0.4 is 10.6 Å². The standard InChI is InChI=1S/C33H51N3O5/c1-32(2,3)35-30(38)27-20-24-13-7-8-14-25(24)21-36(27)22-28(37)26(19-23-11-5-4-6-12-23)34-31(39)41-29-15-9-16-33(29)17-10-18-40-33/h4-6,11-12,24-29,37H,7-10,13-22H2,1-3H3,(H,34,39)(H,35,38)/t24-,25?,26-,27-,28+,29-,33?/m0/s1. The number of amides is 2. The van der Waals surface area contributed by atoms with Gasteiger partial charge < -0.3 is 25.2 Å². The van der Waals surface area contributed by atoms with E-state index in [2.05, 4.69) is 15.5 Å². The number of nitrogens with zero attached hydrogens (tertiary/aromatic N) is 1. The van der Waals surface area contributed by atoms with Crippen LogP contribution in [0.2, 0.25) is 0 Å². The lowest BCUT2D eigenvalue weighted by Crippen LogP contribution is -2.60. The number of benzene rings is 1. The minimum absolute atomic E-state index is 0.0313. The Labute approximate surface area is 245 Å². The first-order valence-electron chi connectivity index (χ1n) is 16.0. The van der Waals surface area contributed by atoms with Crippen molar-refractivity contribution in [1.29, 1.82) is 0 Å². The highest BCUT2D eigenvalue weighted by molar-refractivity contribution is 5.82. The van der Waals surface area contributed by atoms with Gasteiger partial charge in [0.05, 0.1) is 18.2 Å². The van der Waals surface area contributed by atoms with Crippen LogP contribution >= 0.6 is 0 Å². The van der Waals surface area contributed by atoms with Gasteiger partial charge in [0.1, 0.15) is 11.7 Å². The molecule has 1 aromatic rings. The largest absolute Gasteiger partial charge is 0.443 e. The fraction of sp³-hybridized carbons (Fsp3) is 0.758. The van der Waals surface area contributed by atoms with Crippen LogP contribution in [-0.4, -0.2) is 77.1 Å². The summed E-state index contributed by atoms with van der Waals surface area (Å²) in [5.41, 5.74) is 0.358. The molecule has 2 aliphatic heterocycles. The third kappa shape index (κ3) is 7.63. The molecule has 0 aromatic heterocycles. The molecule has 0 radical (unpaired) electrons. The number of hydrogen-bond donors (Lipinski definition) is 3. The molecular weight excluding hydrogens is 518 g/mol. The third-order valence-electron chi connectivity index (χ3n) is 9.83. The summed E-state index contributed by atoms with van der Waals surface area (Å²) in [5.74, 6) is 1.13. The van der Waals surface area contributed by atoms with Gasteiger partial charge in [-0.3, -0.25) is 9.69 Å². The lowest BCUT2D eigenvalue weighted by Gasteiger charge is -2.47. The Morgan fingerprint density at radius 2 is 1.80 bits per heavy atom. The molecule has 4 aliphatic rings. The van der Waals surface area contributed by atoms with E-state index in [9.17, 15) is 14.7 Å². The van der Waals surface area contributed by atoms with Crippen LogP contribution in [0.5, 0.6) is 0 Å². The summed E-state index contributed by atoms with van der Waals surface area (Å²) >= 11 is 0. The Morgan fingerprint density at radius 1 is 1.07 bits per heavy atom. The summed E-state index contributed by atoms with van der Waals surface area (Å²) in [7, 11) is 0. The maximum Gasteiger partial charge on any atom is 0.407 e. The highest BCUT2D eigenvalue weighted by atomic mass is 16.6. The van der Waals surface area contributed by atoms with Crippen molar-refractivity contribution in [3.63, 3.8) is 0 Å². The van der Waals surface area contributed by atoms with Crippen molar-refractivity contribution < 1.29 is 24.2 Å². The van der Waals surface area contributed by atoms with Crippen molar-refractivity contribution in [3.8, 4) is 0 Å². The monoisotopic (exact) mass is 569 g/mol. The molecule has 5 rings (SSSR count). The van der Waals surface area contributed by atoms with Crippen LogP contribution in [0, 0.1) is 11.8 Å². The van der Waals surface area contributed by atoms with Crippen LogP contribution in [0.3, 0.4) is 0 Å². The number of piperidine rings is 1. The Hall–Kier alpha value is -2.16. The van der Waals surface area contributed by atoms with Crippen LogP contribution in [0.1, 0.15) is 90.5 Å². The second-order valence-corrected chi connectivity index (χ2v) is 14.1. The average molecular weight is 570 g/mol. The molecule has 8 heteroatoms. The zero-order chi connectivity index (χ0) is 29.0. The summed E-state index contributed by atoms with van der Waals surface area (Å²) in [5, 5.41) is 17.9. The molecule has 2 aliphatic carbocycles. The number of alkyl carbamates (subject to hydrolysis) is 1. The van der Waals surface area contributed by atoms with E-state index in [4.69, 9.17) is 9.47 Å². The van der Waals surface area contributed by atoms with E-state index < -0.39 is 18.2 Å². The van der Waals surface area contributed by atoms with Crippen LogP contribution in [0.4, 0.5) is 4.79 Å². The highest BCUT2D eigenvalue weighted by Crippen LogP contribution is 2.43. The normalized spacial score (nSPS) is 31.8. The summed E-state index contributed by atoms with van der Waals surface area (Å²) in [6, 6.07) is 9.09. The molecule has 3 N–H and O–H groups in total. The van der Waals surface area contributed by atoms with E-state index in [1.54, 1.807) is 0 Å². The average Bonchev–Trinajstić information content (AvgIpc) is 3.57. The lowest BCUT2D eigenvalue weighted by molar-refractivity contribution is -0.132. The third-order valence-corrected chi connectivity index (χ3v) is 9.83. The van der Waals surface area contributed by atoms with Gasteiger partial charge in [-0.15, -0.1) is 0 Å². The molecule has 1 spiro atoms. The Kier molecular flexibility index (Phi) is 9.61. The molecule has 4 fully saturated rings. The number of β-amino-alcohol motifs (C(OH)–C–C–N with tert-alkyl or cyclic N) is 1. The fourth-order valence-electron chi connectivity index (χ4n) is 7.81. The first kappa shape index (κ1) is 30.3. The summed E-state index contributed by atoms with van der Waals surface area (Å²) in [6.45, 7) is 7.86. The number of ether oxygens (including phenoxy) is 2. The minimum atomic E-state index is -0.867. The molecule has 2 saturated heterocycles. The number of nitrogens with one attached hydrogen (secondary N) is 2. The number of likely N-dealkylation sites (tertiary alicyclic amines) is 1. The molecule has 8 nitrogen and oxygen atoms in total. The minimum Gasteiger partial charge on any atom is -0.443 e. The van der Waals surface area contributed by atoms with Crippen LogP contribution in [0.15, 0.2) is 30.3 Å². The van der Waals surface area contributed by atoms with Gasteiger partial charge in [-0.2, -0.15) is 0 Å². The Bertz CT molecular complexity index is 1020. The summed E-state index contributed by atoms with van der Waals surface area (Å²) in [6.07, 6.45) is 9.13. The predicted molar refractivity (Wildman–Crippen MR) is 158 cm³/mol. The molecule has 2 heterocycles. The molecule has 2 saturated carbocycles. The predicted octanol–water partition coefficient (Wildman–Crippen LogP) is 4.58. The fourth-order valence-corrected chi connectivity index (χ4v) is 7.81. The maximum absolute atomic E-state index is 13.5. The Balaban J connectivity index is 1.30. The van der Waals surface area contributed by atoms with E-state index in [1.165, 1.54) is 25.7 Å².